The maximum Gasteiger partial charge on any atom is -0.00332 e. The van der Waals surface area contributed by atoms with Crippen molar-refractivity contribution in [2.24, 2.45) is 0 Å². The number of halogens is 1. The Morgan fingerprint density at radius 3 is 1.88 bits per heavy atom. The van der Waals surface area contributed by atoms with Gasteiger partial charge in [0, 0.05) is 0 Å². The predicted octanol–water partition coefficient (Wildman–Crippen LogP) is 3.19. The van der Waals surface area contributed by atoms with Crippen LogP contribution in [0.25, 0.3) is 0 Å². The molecule has 0 aromatic heterocycles. The van der Waals surface area contributed by atoms with Gasteiger partial charge >= 0.3 is 0 Å². The molecule has 0 aliphatic rings. The maximum atomic E-state index is 3.56. The molecule has 0 saturated heterocycles. The molecular formula is C7H13I. The summed E-state index contributed by atoms with van der Waals surface area (Å²) < 4.78 is 1.22. The third-order valence-electron chi connectivity index (χ3n) is 0.348. The summed E-state index contributed by atoms with van der Waals surface area (Å²) in [6.07, 6.45) is 1.72. The minimum atomic E-state index is 1.02. The van der Waals surface area contributed by atoms with Gasteiger partial charge in [-0.25, -0.2) is 0 Å². The highest BCUT2D eigenvalue weighted by molar-refractivity contribution is 14.1. The summed E-state index contributed by atoms with van der Waals surface area (Å²) in [5.74, 6) is 0. The van der Waals surface area contributed by atoms with E-state index in [9.17, 15) is 0 Å². The predicted molar refractivity (Wildman–Crippen MR) is 49.6 cm³/mol. The molecule has 0 rings (SSSR count). The van der Waals surface area contributed by atoms with Crippen LogP contribution in [0.5, 0.6) is 0 Å². The summed E-state index contributed by atoms with van der Waals surface area (Å²) in [4.78, 5) is 0. The fourth-order valence-corrected chi connectivity index (χ4v) is 0. The molecule has 0 aromatic rings. The summed E-state index contributed by atoms with van der Waals surface area (Å²) in [6.45, 7) is 11.0. The van der Waals surface area contributed by atoms with Crippen molar-refractivity contribution in [1.82, 2.24) is 0 Å². The summed E-state index contributed by atoms with van der Waals surface area (Å²) >= 11 is 2.29. The standard InChI is InChI=1S/C5H8.C2H5I/c1-4-5(2)3;1-2-3/h4H,1-2H2,3H3;2H2,1H3. The van der Waals surface area contributed by atoms with E-state index in [0.717, 1.165) is 5.57 Å². The van der Waals surface area contributed by atoms with Gasteiger partial charge in [-0.2, -0.15) is 0 Å². The smallest absolute Gasteiger partial charge is 0.00332 e. The summed E-state index contributed by atoms with van der Waals surface area (Å²) in [5, 5.41) is 0. The second-order valence-corrected chi connectivity index (χ2v) is 2.84. The molecule has 0 spiro atoms. The van der Waals surface area contributed by atoms with E-state index in [4.69, 9.17) is 0 Å². The average Bonchev–Trinajstić information content (AvgIpc) is 1.69. The van der Waals surface area contributed by atoms with E-state index in [1.165, 1.54) is 4.43 Å². The maximum absolute atomic E-state index is 3.56. The van der Waals surface area contributed by atoms with Gasteiger partial charge in [0.05, 0.1) is 0 Å². The Kier molecular flexibility index (Phi) is 14.2. The van der Waals surface area contributed by atoms with Crippen molar-refractivity contribution in [1.29, 1.82) is 0 Å². The SMILES string of the molecule is C=CC(=C)C.CCI. The third-order valence-corrected chi connectivity index (χ3v) is 0.348. The molecule has 0 heterocycles. The molecule has 0 fully saturated rings. The highest BCUT2D eigenvalue weighted by Crippen LogP contribution is 1.81. The molecule has 0 aliphatic heterocycles. The van der Waals surface area contributed by atoms with Crippen molar-refractivity contribution < 1.29 is 0 Å². The van der Waals surface area contributed by atoms with Gasteiger partial charge in [-0.3, -0.25) is 0 Å². The van der Waals surface area contributed by atoms with Crippen LogP contribution < -0.4 is 0 Å². The Morgan fingerprint density at radius 2 is 1.88 bits per heavy atom. The molecule has 0 amide bonds. The fourth-order valence-electron chi connectivity index (χ4n) is 0. The zero-order chi connectivity index (χ0) is 6.99. The third kappa shape index (κ3) is 34.5. The van der Waals surface area contributed by atoms with Crippen LogP contribution in [-0.4, -0.2) is 4.43 Å². The fraction of sp³-hybridized carbons (Fsp3) is 0.429. The van der Waals surface area contributed by atoms with Crippen LogP contribution >= 0.6 is 22.6 Å². The van der Waals surface area contributed by atoms with Crippen molar-refractivity contribution in [2.45, 2.75) is 13.8 Å². The Hall–Kier alpha value is 0.210. The minimum Gasteiger partial charge on any atom is -0.0988 e. The van der Waals surface area contributed by atoms with E-state index in [1.807, 2.05) is 6.92 Å². The quantitative estimate of drug-likeness (QED) is 0.364. The molecular weight excluding hydrogens is 211 g/mol. The van der Waals surface area contributed by atoms with Crippen LogP contribution in [0.15, 0.2) is 24.8 Å². The molecule has 0 saturated carbocycles. The molecule has 0 radical (unpaired) electrons. The van der Waals surface area contributed by atoms with E-state index in [0.29, 0.717) is 0 Å². The Balaban J connectivity index is 0. The molecule has 8 heavy (non-hydrogen) atoms. The molecule has 0 atom stereocenters. The Labute approximate surface area is 65.8 Å². The van der Waals surface area contributed by atoms with E-state index < -0.39 is 0 Å². The first kappa shape index (κ1) is 11.1. The highest BCUT2D eigenvalue weighted by atomic mass is 127. The van der Waals surface area contributed by atoms with Gasteiger partial charge in [0.15, 0.2) is 0 Å². The monoisotopic (exact) mass is 224 g/mol. The molecule has 0 aliphatic carbocycles. The van der Waals surface area contributed by atoms with Crippen LogP contribution in [0, 0.1) is 0 Å². The zero-order valence-electron chi connectivity index (χ0n) is 5.58. The lowest BCUT2D eigenvalue weighted by Crippen LogP contribution is -1.50. The average molecular weight is 224 g/mol. The first-order valence-electron chi connectivity index (χ1n) is 2.52. The molecule has 0 unspecified atom stereocenters. The van der Waals surface area contributed by atoms with E-state index in [1.54, 1.807) is 6.08 Å². The molecule has 1 heteroatoms. The van der Waals surface area contributed by atoms with Crippen molar-refractivity contribution >= 4 is 22.6 Å². The lowest BCUT2D eigenvalue weighted by molar-refractivity contribution is 1.58. The lowest BCUT2D eigenvalue weighted by Gasteiger charge is -1.71. The second kappa shape index (κ2) is 10.2. The highest BCUT2D eigenvalue weighted by Gasteiger charge is 1.59. The van der Waals surface area contributed by atoms with Crippen molar-refractivity contribution in [3.63, 3.8) is 0 Å². The number of hydrogen-bond donors (Lipinski definition) is 0. The largest absolute Gasteiger partial charge is 0.0988 e. The zero-order valence-corrected chi connectivity index (χ0v) is 7.73. The van der Waals surface area contributed by atoms with E-state index >= 15 is 0 Å². The first-order valence-corrected chi connectivity index (χ1v) is 4.05. The summed E-state index contributed by atoms with van der Waals surface area (Å²) in [6, 6.07) is 0. The first-order chi connectivity index (χ1) is 3.68. The van der Waals surface area contributed by atoms with Crippen LogP contribution in [0.2, 0.25) is 0 Å². The van der Waals surface area contributed by atoms with Gasteiger partial charge in [0.1, 0.15) is 0 Å². The summed E-state index contributed by atoms with van der Waals surface area (Å²) in [5.41, 5.74) is 1.02. The van der Waals surface area contributed by atoms with Crippen LogP contribution in [0.4, 0.5) is 0 Å². The van der Waals surface area contributed by atoms with Crippen molar-refractivity contribution in [2.75, 3.05) is 4.43 Å². The van der Waals surface area contributed by atoms with E-state index in [-0.39, 0.29) is 0 Å². The number of alkyl halides is 1. The molecule has 0 N–H and O–H groups in total. The number of hydrogen-bond acceptors (Lipinski definition) is 0. The van der Waals surface area contributed by atoms with Gasteiger partial charge in [-0.05, 0) is 11.4 Å². The molecule has 48 valence electrons. The van der Waals surface area contributed by atoms with Gasteiger partial charge < -0.3 is 0 Å². The summed E-state index contributed by atoms with van der Waals surface area (Å²) in [7, 11) is 0. The molecule has 0 bridgehead atoms. The van der Waals surface area contributed by atoms with Crippen LogP contribution in [0.1, 0.15) is 13.8 Å². The normalized spacial score (nSPS) is 6.38. The number of allylic oxidation sites excluding steroid dienone is 2. The topological polar surface area (TPSA) is 0 Å². The van der Waals surface area contributed by atoms with Gasteiger partial charge in [0.25, 0.3) is 0 Å². The lowest BCUT2D eigenvalue weighted by atomic mass is 10.4. The van der Waals surface area contributed by atoms with Crippen molar-refractivity contribution in [3.8, 4) is 0 Å². The van der Waals surface area contributed by atoms with Gasteiger partial charge in [0.2, 0.25) is 0 Å². The van der Waals surface area contributed by atoms with Crippen LogP contribution in [0.3, 0.4) is 0 Å². The Morgan fingerprint density at radius 1 is 1.75 bits per heavy atom. The van der Waals surface area contributed by atoms with Gasteiger partial charge in [-0.1, -0.05) is 54.3 Å². The molecule has 0 nitrogen and oxygen atoms in total. The van der Waals surface area contributed by atoms with Crippen molar-refractivity contribution in [3.05, 3.63) is 24.8 Å². The minimum absolute atomic E-state index is 1.02. The second-order valence-electron chi connectivity index (χ2n) is 1.32. The number of rotatable bonds is 1. The Bertz CT molecular complexity index is 64.8. The van der Waals surface area contributed by atoms with Crippen LogP contribution in [-0.2, 0) is 0 Å². The van der Waals surface area contributed by atoms with Gasteiger partial charge in [-0.15, -0.1) is 0 Å². The molecule has 0 aromatic carbocycles. The van der Waals surface area contributed by atoms with E-state index in [2.05, 4.69) is 42.7 Å².